The van der Waals surface area contributed by atoms with Crippen LogP contribution in [0, 0.1) is 0 Å². The fourth-order valence-corrected chi connectivity index (χ4v) is 1.68. The largest absolute Gasteiger partial charge is 0.506 e. The SMILES string of the molecule is COc1cccc(-n2nc(CC(=O)O)c(O)cc2=O)c1. The van der Waals surface area contributed by atoms with Gasteiger partial charge in [0.05, 0.1) is 19.2 Å². The summed E-state index contributed by atoms with van der Waals surface area (Å²) < 4.78 is 6.06. The van der Waals surface area contributed by atoms with Gasteiger partial charge in [-0.2, -0.15) is 9.78 Å². The average Bonchev–Trinajstić information content (AvgIpc) is 2.41. The lowest BCUT2D eigenvalue weighted by molar-refractivity contribution is -0.136. The predicted octanol–water partition coefficient (Wildman–Crippen LogP) is 0.574. The molecule has 7 heteroatoms. The van der Waals surface area contributed by atoms with E-state index in [9.17, 15) is 14.7 Å². The first kappa shape index (κ1) is 13.6. The van der Waals surface area contributed by atoms with Gasteiger partial charge in [-0.1, -0.05) is 6.07 Å². The van der Waals surface area contributed by atoms with Crippen LogP contribution in [0.2, 0.25) is 0 Å². The van der Waals surface area contributed by atoms with Crippen LogP contribution >= 0.6 is 0 Å². The molecule has 0 aliphatic carbocycles. The number of aliphatic carboxylic acids is 1. The van der Waals surface area contributed by atoms with Gasteiger partial charge in [-0.05, 0) is 12.1 Å². The van der Waals surface area contributed by atoms with Crippen LogP contribution in [-0.2, 0) is 11.2 Å². The lowest BCUT2D eigenvalue weighted by Crippen LogP contribution is -2.22. The third-order valence-corrected chi connectivity index (χ3v) is 2.60. The van der Waals surface area contributed by atoms with E-state index in [1.54, 1.807) is 24.3 Å². The zero-order chi connectivity index (χ0) is 14.7. The number of methoxy groups -OCH3 is 1. The van der Waals surface area contributed by atoms with Gasteiger partial charge in [0.25, 0.3) is 5.56 Å². The molecular weight excluding hydrogens is 264 g/mol. The van der Waals surface area contributed by atoms with Crippen molar-refractivity contribution < 1.29 is 19.7 Å². The number of carboxylic acids is 1. The number of aromatic hydroxyl groups is 1. The van der Waals surface area contributed by atoms with Crippen molar-refractivity contribution in [2.75, 3.05) is 7.11 Å². The van der Waals surface area contributed by atoms with Crippen LogP contribution in [0.1, 0.15) is 5.69 Å². The smallest absolute Gasteiger partial charge is 0.309 e. The van der Waals surface area contributed by atoms with E-state index in [-0.39, 0.29) is 5.69 Å². The summed E-state index contributed by atoms with van der Waals surface area (Å²) in [6.45, 7) is 0. The molecule has 0 saturated heterocycles. The van der Waals surface area contributed by atoms with Gasteiger partial charge in [0.15, 0.2) is 0 Å². The molecule has 0 unspecified atom stereocenters. The van der Waals surface area contributed by atoms with Crippen LogP contribution in [0.5, 0.6) is 11.5 Å². The molecule has 0 amide bonds. The molecular formula is C13H12N2O5. The number of carbonyl (C=O) groups is 1. The summed E-state index contributed by atoms with van der Waals surface area (Å²) in [7, 11) is 1.49. The lowest BCUT2D eigenvalue weighted by atomic mass is 10.2. The Morgan fingerprint density at radius 1 is 1.40 bits per heavy atom. The van der Waals surface area contributed by atoms with Gasteiger partial charge >= 0.3 is 5.97 Å². The van der Waals surface area contributed by atoms with E-state index in [2.05, 4.69) is 5.10 Å². The standard InChI is InChI=1S/C13H12N2O5/c1-20-9-4-2-3-8(5-9)15-12(17)7-11(16)10(14-15)6-13(18)19/h2-5,7,16H,6H2,1H3,(H,18,19). The molecule has 0 spiro atoms. The van der Waals surface area contributed by atoms with Gasteiger partial charge in [0, 0.05) is 12.1 Å². The summed E-state index contributed by atoms with van der Waals surface area (Å²) in [5.41, 5.74) is -0.231. The number of ether oxygens (including phenoxy) is 1. The fraction of sp³-hybridized carbons (Fsp3) is 0.154. The van der Waals surface area contributed by atoms with Crippen molar-refractivity contribution >= 4 is 5.97 Å². The van der Waals surface area contributed by atoms with Crippen molar-refractivity contribution in [3.8, 4) is 17.2 Å². The molecule has 0 aliphatic heterocycles. The Morgan fingerprint density at radius 3 is 2.80 bits per heavy atom. The minimum Gasteiger partial charge on any atom is -0.506 e. The Labute approximate surface area is 113 Å². The number of carboxylic acid groups (broad SMARTS) is 1. The summed E-state index contributed by atoms with van der Waals surface area (Å²) in [4.78, 5) is 22.5. The average molecular weight is 276 g/mol. The monoisotopic (exact) mass is 276 g/mol. The van der Waals surface area contributed by atoms with Crippen molar-refractivity contribution in [1.82, 2.24) is 9.78 Å². The van der Waals surface area contributed by atoms with Gasteiger partial charge < -0.3 is 14.9 Å². The number of nitrogens with zero attached hydrogens (tertiary/aromatic N) is 2. The molecule has 0 aliphatic rings. The number of rotatable bonds is 4. The molecule has 104 valence electrons. The van der Waals surface area contributed by atoms with Crippen molar-refractivity contribution in [3.63, 3.8) is 0 Å². The number of aromatic nitrogens is 2. The highest BCUT2D eigenvalue weighted by Gasteiger charge is 2.12. The minimum absolute atomic E-state index is 0.0834. The molecule has 0 atom stereocenters. The Hall–Kier alpha value is -2.83. The number of hydrogen-bond acceptors (Lipinski definition) is 5. The third-order valence-electron chi connectivity index (χ3n) is 2.60. The van der Waals surface area contributed by atoms with Crippen LogP contribution in [0.3, 0.4) is 0 Å². The first-order valence-electron chi connectivity index (χ1n) is 5.69. The Morgan fingerprint density at radius 2 is 2.15 bits per heavy atom. The summed E-state index contributed by atoms with van der Waals surface area (Å²) in [6, 6.07) is 7.51. The molecule has 2 rings (SSSR count). The van der Waals surface area contributed by atoms with Gasteiger partial charge in [0.1, 0.15) is 17.2 Å². The van der Waals surface area contributed by atoms with Crippen LogP contribution in [-0.4, -0.2) is 33.1 Å². The highest BCUT2D eigenvalue weighted by Crippen LogP contribution is 2.17. The molecule has 2 aromatic rings. The third kappa shape index (κ3) is 2.77. The molecule has 7 nitrogen and oxygen atoms in total. The Bertz CT molecular complexity index is 708. The second kappa shape index (κ2) is 5.43. The molecule has 20 heavy (non-hydrogen) atoms. The zero-order valence-corrected chi connectivity index (χ0v) is 10.6. The van der Waals surface area contributed by atoms with E-state index in [1.807, 2.05) is 0 Å². The fourth-order valence-electron chi connectivity index (χ4n) is 1.68. The first-order valence-corrected chi connectivity index (χ1v) is 5.69. The van der Waals surface area contributed by atoms with Crippen molar-refractivity contribution in [3.05, 3.63) is 46.4 Å². The second-order valence-electron chi connectivity index (χ2n) is 4.00. The van der Waals surface area contributed by atoms with E-state index >= 15 is 0 Å². The van der Waals surface area contributed by atoms with Crippen LogP contribution in [0.15, 0.2) is 35.1 Å². The lowest BCUT2D eigenvalue weighted by Gasteiger charge is -2.08. The van der Waals surface area contributed by atoms with Crippen molar-refractivity contribution in [1.29, 1.82) is 0 Å². The Kier molecular flexibility index (Phi) is 3.69. The number of hydrogen-bond donors (Lipinski definition) is 2. The highest BCUT2D eigenvalue weighted by molar-refractivity contribution is 5.70. The molecule has 0 bridgehead atoms. The van der Waals surface area contributed by atoms with Gasteiger partial charge in [-0.3, -0.25) is 9.59 Å². The van der Waals surface area contributed by atoms with Crippen LogP contribution in [0.4, 0.5) is 0 Å². The summed E-state index contributed by atoms with van der Waals surface area (Å²) >= 11 is 0. The molecule has 0 radical (unpaired) electrons. The number of benzene rings is 1. The predicted molar refractivity (Wildman–Crippen MR) is 69.4 cm³/mol. The maximum atomic E-state index is 11.8. The van der Waals surface area contributed by atoms with Crippen LogP contribution in [0.25, 0.3) is 5.69 Å². The van der Waals surface area contributed by atoms with Gasteiger partial charge in [0.2, 0.25) is 0 Å². The maximum Gasteiger partial charge on any atom is 0.309 e. The van der Waals surface area contributed by atoms with E-state index in [0.717, 1.165) is 10.7 Å². The van der Waals surface area contributed by atoms with E-state index < -0.39 is 23.7 Å². The first-order chi connectivity index (χ1) is 9.51. The highest BCUT2D eigenvalue weighted by atomic mass is 16.5. The summed E-state index contributed by atoms with van der Waals surface area (Å²) in [5, 5.41) is 22.2. The van der Waals surface area contributed by atoms with E-state index in [4.69, 9.17) is 9.84 Å². The van der Waals surface area contributed by atoms with Crippen LogP contribution < -0.4 is 10.3 Å². The second-order valence-corrected chi connectivity index (χ2v) is 4.00. The molecule has 2 N–H and O–H groups in total. The van der Waals surface area contributed by atoms with Gasteiger partial charge in [-0.15, -0.1) is 0 Å². The molecule has 1 aromatic carbocycles. The van der Waals surface area contributed by atoms with Crippen molar-refractivity contribution in [2.45, 2.75) is 6.42 Å². The normalized spacial score (nSPS) is 10.2. The summed E-state index contributed by atoms with van der Waals surface area (Å²) in [6.07, 6.45) is -0.476. The topological polar surface area (TPSA) is 102 Å². The van der Waals surface area contributed by atoms with E-state index in [1.165, 1.54) is 7.11 Å². The maximum absolute atomic E-state index is 11.8. The zero-order valence-electron chi connectivity index (χ0n) is 10.6. The quantitative estimate of drug-likeness (QED) is 0.846. The van der Waals surface area contributed by atoms with E-state index in [0.29, 0.717) is 11.4 Å². The Balaban J connectivity index is 2.55. The summed E-state index contributed by atoms with van der Waals surface area (Å²) in [5.74, 6) is -1.05. The molecule has 1 aromatic heterocycles. The van der Waals surface area contributed by atoms with Crippen molar-refractivity contribution in [2.24, 2.45) is 0 Å². The molecule has 0 saturated carbocycles. The molecule has 0 fully saturated rings. The molecule has 1 heterocycles. The van der Waals surface area contributed by atoms with Gasteiger partial charge in [-0.25, -0.2) is 0 Å². The minimum atomic E-state index is -1.15.